The average Bonchev–Trinajstić information content (AvgIpc) is 2.45. The lowest BCUT2D eigenvalue weighted by Crippen LogP contribution is -2.29. The maximum absolute atomic E-state index is 13.1. The van der Waals surface area contributed by atoms with Crippen molar-refractivity contribution in [2.75, 3.05) is 0 Å². The van der Waals surface area contributed by atoms with Crippen LogP contribution in [0.5, 0.6) is 5.75 Å². The van der Waals surface area contributed by atoms with Crippen LogP contribution in [0, 0.1) is 5.82 Å². The number of halogens is 1. The molecule has 0 saturated heterocycles. The van der Waals surface area contributed by atoms with Crippen LogP contribution >= 0.6 is 0 Å². The lowest BCUT2D eigenvalue weighted by atomic mass is 9.90. The van der Waals surface area contributed by atoms with Crippen molar-refractivity contribution in [2.45, 2.75) is 24.3 Å². The largest absolute Gasteiger partial charge is 0.483 e. The summed E-state index contributed by atoms with van der Waals surface area (Å²) in [5.74, 6) is 0.220. The summed E-state index contributed by atoms with van der Waals surface area (Å²) in [5, 5.41) is 0. The number of fused-ring (bicyclic) bond motifs is 1. The number of thiol groups is 1. The molecule has 0 N–H and O–H groups in total. The van der Waals surface area contributed by atoms with Gasteiger partial charge in [0.05, 0.1) is 4.90 Å². The Labute approximate surface area is 130 Å². The van der Waals surface area contributed by atoms with Gasteiger partial charge >= 0.3 is 0 Å². The van der Waals surface area contributed by atoms with Crippen LogP contribution in [0.25, 0.3) is 5.57 Å². The van der Waals surface area contributed by atoms with E-state index in [-0.39, 0.29) is 10.7 Å². The van der Waals surface area contributed by atoms with Gasteiger partial charge in [0, 0.05) is 5.56 Å². The molecule has 0 unspecified atom stereocenters. The first-order valence-electron chi connectivity index (χ1n) is 6.82. The summed E-state index contributed by atoms with van der Waals surface area (Å²) in [6, 6.07) is 11.0. The van der Waals surface area contributed by atoms with Crippen LogP contribution in [-0.4, -0.2) is 14.0 Å². The second-order valence-corrected chi connectivity index (χ2v) is 6.74. The first kappa shape index (κ1) is 14.8. The van der Waals surface area contributed by atoms with Crippen molar-refractivity contribution in [1.82, 2.24) is 0 Å². The first-order chi connectivity index (χ1) is 10.4. The van der Waals surface area contributed by atoms with Gasteiger partial charge in [-0.3, -0.25) is 0 Å². The lowest BCUT2D eigenvalue weighted by Gasteiger charge is -2.31. The van der Waals surface area contributed by atoms with Gasteiger partial charge in [0.15, 0.2) is 10.7 Å². The molecule has 114 valence electrons. The molecular weight excluding hydrogens is 303 g/mol. The quantitative estimate of drug-likeness (QED) is 0.863. The monoisotopic (exact) mass is 318 g/mol. The summed E-state index contributed by atoms with van der Waals surface area (Å²) < 4.78 is 41.3. The van der Waals surface area contributed by atoms with Crippen LogP contribution in [0.15, 0.2) is 53.4 Å². The van der Waals surface area contributed by atoms with Crippen molar-refractivity contribution in [3.8, 4) is 5.75 Å². The Morgan fingerprint density at radius 2 is 1.73 bits per heavy atom. The Morgan fingerprint density at radius 3 is 2.36 bits per heavy atom. The van der Waals surface area contributed by atoms with Crippen molar-refractivity contribution >= 4 is 16.3 Å². The zero-order valence-corrected chi connectivity index (χ0v) is 13.1. The van der Waals surface area contributed by atoms with E-state index >= 15 is 0 Å². The van der Waals surface area contributed by atoms with E-state index in [1.165, 1.54) is 18.2 Å². The molecule has 0 spiro atoms. The van der Waals surface area contributed by atoms with Crippen molar-refractivity contribution < 1.29 is 17.5 Å². The van der Waals surface area contributed by atoms with Crippen molar-refractivity contribution in [2.24, 2.45) is 0 Å². The SMILES string of the molecule is CC1(C)C=C(c2ccc(F)cc2)c2ccc([SH](=O)=O)cc2O1. The molecule has 1 aliphatic rings. The number of benzene rings is 2. The summed E-state index contributed by atoms with van der Waals surface area (Å²) in [6.45, 7) is 3.78. The fraction of sp³-hybridized carbons (Fsp3) is 0.176. The summed E-state index contributed by atoms with van der Waals surface area (Å²) in [5.41, 5.74) is 1.98. The Bertz CT molecular complexity index is 825. The predicted molar refractivity (Wildman–Crippen MR) is 83.2 cm³/mol. The highest BCUT2D eigenvalue weighted by atomic mass is 32.2. The molecule has 2 aromatic rings. The molecule has 0 bridgehead atoms. The molecule has 3 rings (SSSR count). The van der Waals surface area contributed by atoms with E-state index in [1.54, 1.807) is 24.3 Å². The highest BCUT2D eigenvalue weighted by Gasteiger charge is 2.27. The van der Waals surface area contributed by atoms with Crippen LogP contribution in [0.4, 0.5) is 4.39 Å². The van der Waals surface area contributed by atoms with E-state index < -0.39 is 16.3 Å². The summed E-state index contributed by atoms with van der Waals surface area (Å²) in [6.07, 6.45) is 1.96. The average molecular weight is 318 g/mol. The second-order valence-electron chi connectivity index (χ2n) is 5.71. The standard InChI is InChI=1S/C17H15FO3S/c1-17(2)10-15(11-3-5-12(18)6-4-11)14-8-7-13(22(19)20)9-16(14)21-17/h3-10,22H,1-2H3. The normalized spacial score (nSPS) is 15.9. The maximum Gasteiger partial charge on any atom is 0.168 e. The van der Waals surface area contributed by atoms with E-state index in [4.69, 9.17) is 4.74 Å². The summed E-state index contributed by atoms with van der Waals surface area (Å²) in [4.78, 5) is 0.213. The van der Waals surface area contributed by atoms with E-state index in [0.717, 1.165) is 16.7 Å². The Kier molecular flexibility index (Phi) is 3.53. The molecule has 0 amide bonds. The minimum absolute atomic E-state index is 0.213. The van der Waals surface area contributed by atoms with Gasteiger partial charge in [0.2, 0.25) is 0 Å². The van der Waals surface area contributed by atoms with Gasteiger partial charge in [-0.25, -0.2) is 12.8 Å². The maximum atomic E-state index is 13.1. The van der Waals surface area contributed by atoms with Gasteiger partial charge in [-0.2, -0.15) is 0 Å². The van der Waals surface area contributed by atoms with Gasteiger partial charge < -0.3 is 4.74 Å². The van der Waals surface area contributed by atoms with Crippen molar-refractivity contribution in [1.29, 1.82) is 0 Å². The van der Waals surface area contributed by atoms with Gasteiger partial charge in [-0.15, -0.1) is 0 Å². The molecule has 1 aliphatic heterocycles. The molecule has 0 aliphatic carbocycles. The van der Waals surface area contributed by atoms with Crippen LogP contribution < -0.4 is 4.74 Å². The topological polar surface area (TPSA) is 43.4 Å². The van der Waals surface area contributed by atoms with Crippen LogP contribution in [0.1, 0.15) is 25.0 Å². The zero-order chi connectivity index (χ0) is 15.9. The number of rotatable bonds is 2. The number of hydrogen-bond acceptors (Lipinski definition) is 3. The van der Waals surface area contributed by atoms with E-state index in [1.807, 2.05) is 19.9 Å². The second kappa shape index (κ2) is 5.25. The van der Waals surface area contributed by atoms with Crippen molar-refractivity contribution in [3.63, 3.8) is 0 Å². The minimum Gasteiger partial charge on any atom is -0.483 e. The molecule has 5 heteroatoms. The fourth-order valence-electron chi connectivity index (χ4n) is 2.54. The third kappa shape index (κ3) is 2.76. The molecule has 3 nitrogen and oxygen atoms in total. The molecule has 0 radical (unpaired) electrons. The Hall–Kier alpha value is -2.14. The van der Waals surface area contributed by atoms with E-state index in [9.17, 15) is 12.8 Å². The Balaban J connectivity index is 2.18. The summed E-state index contributed by atoms with van der Waals surface area (Å²) in [7, 11) is -2.66. The Morgan fingerprint density at radius 1 is 1.05 bits per heavy atom. The van der Waals surface area contributed by atoms with E-state index in [2.05, 4.69) is 0 Å². The molecule has 0 saturated carbocycles. The smallest absolute Gasteiger partial charge is 0.168 e. The molecular formula is C17H15FO3S. The summed E-state index contributed by atoms with van der Waals surface area (Å²) >= 11 is 0. The number of ether oxygens (including phenoxy) is 1. The highest BCUT2D eigenvalue weighted by Crippen LogP contribution is 2.40. The highest BCUT2D eigenvalue weighted by molar-refractivity contribution is 7.72. The number of hydrogen-bond donors (Lipinski definition) is 1. The van der Waals surface area contributed by atoms with Gasteiger partial charge in [-0.05, 0) is 61.4 Å². The predicted octanol–water partition coefficient (Wildman–Crippen LogP) is 3.40. The van der Waals surface area contributed by atoms with Gasteiger partial charge in [0.25, 0.3) is 0 Å². The third-order valence-corrected chi connectivity index (χ3v) is 4.19. The molecule has 1 heterocycles. The first-order valence-corrected chi connectivity index (χ1v) is 8.00. The molecule has 0 fully saturated rings. The van der Waals surface area contributed by atoms with Crippen LogP contribution in [-0.2, 0) is 10.7 Å². The molecule has 0 atom stereocenters. The fourth-order valence-corrected chi connectivity index (χ4v) is 2.96. The van der Waals surface area contributed by atoms with E-state index in [0.29, 0.717) is 5.75 Å². The molecule has 2 aromatic carbocycles. The van der Waals surface area contributed by atoms with Crippen LogP contribution in [0.2, 0.25) is 0 Å². The van der Waals surface area contributed by atoms with Crippen LogP contribution in [0.3, 0.4) is 0 Å². The zero-order valence-electron chi connectivity index (χ0n) is 12.2. The van der Waals surface area contributed by atoms with Crippen molar-refractivity contribution in [3.05, 3.63) is 65.5 Å². The van der Waals surface area contributed by atoms with Gasteiger partial charge in [-0.1, -0.05) is 12.1 Å². The third-order valence-electron chi connectivity index (χ3n) is 3.49. The molecule has 22 heavy (non-hydrogen) atoms. The lowest BCUT2D eigenvalue weighted by molar-refractivity contribution is 0.158. The minimum atomic E-state index is -2.66. The van der Waals surface area contributed by atoms with Gasteiger partial charge in [0.1, 0.15) is 17.2 Å². The molecule has 0 aromatic heterocycles.